The Balaban J connectivity index is 2.65. The summed E-state index contributed by atoms with van der Waals surface area (Å²) in [6.45, 7) is 3.97. The third-order valence-electron chi connectivity index (χ3n) is 2.34. The number of hydrogen-bond donors (Lipinski definition) is 1. The molecule has 0 bridgehead atoms. The molecule has 1 rings (SSSR count). The van der Waals surface area contributed by atoms with Gasteiger partial charge in [0.05, 0.1) is 30.9 Å². The number of nitrogens with one attached hydrogen (secondary N) is 1. The molecule has 0 aliphatic carbocycles. The molecular weight excluding hydrogens is 226 g/mol. The molecule has 18 heavy (non-hydrogen) atoms. The van der Waals surface area contributed by atoms with Gasteiger partial charge in [-0.3, -0.25) is 4.90 Å². The summed E-state index contributed by atoms with van der Waals surface area (Å²) in [6.07, 6.45) is 1.04. The van der Waals surface area contributed by atoms with Crippen molar-refractivity contribution in [2.75, 3.05) is 25.0 Å². The first-order valence-electron chi connectivity index (χ1n) is 5.96. The van der Waals surface area contributed by atoms with Gasteiger partial charge in [-0.1, -0.05) is 13.0 Å². The van der Waals surface area contributed by atoms with Crippen LogP contribution in [-0.2, 0) is 6.54 Å². The second kappa shape index (κ2) is 8.05. The van der Waals surface area contributed by atoms with E-state index in [0.717, 1.165) is 24.5 Å². The standard InChI is InChI=1S/C13H17N5/c1-2-8-16-13-5-3-4-12(17-13)11-18(9-6-14)10-7-15/h3-5H,2,8-11H2,1H3,(H,16,17). The molecule has 0 aliphatic rings. The lowest BCUT2D eigenvalue weighted by Gasteiger charge is -2.15. The Morgan fingerprint density at radius 3 is 2.61 bits per heavy atom. The minimum atomic E-state index is 0.238. The van der Waals surface area contributed by atoms with Gasteiger partial charge in [-0.2, -0.15) is 10.5 Å². The first kappa shape index (κ1) is 14.0. The van der Waals surface area contributed by atoms with Crippen molar-refractivity contribution in [3.8, 4) is 12.1 Å². The van der Waals surface area contributed by atoms with Crippen LogP contribution in [0, 0.1) is 22.7 Å². The Kier molecular flexibility index (Phi) is 6.24. The molecule has 0 saturated carbocycles. The van der Waals surface area contributed by atoms with Crippen LogP contribution < -0.4 is 5.32 Å². The van der Waals surface area contributed by atoms with Crippen molar-refractivity contribution in [2.24, 2.45) is 0 Å². The SMILES string of the molecule is CCCNc1cccc(CN(CC#N)CC#N)n1. The van der Waals surface area contributed by atoms with Gasteiger partial charge in [0, 0.05) is 13.1 Å². The summed E-state index contributed by atoms with van der Waals surface area (Å²) in [7, 11) is 0. The Bertz CT molecular complexity index is 427. The lowest BCUT2D eigenvalue weighted by Crippen LogP contribution is -2.24. The van der Waals surface area contributed by atoms with E-state index in [4.69, 9.17) is 10.5 Å². The first-order chi connectivity index (χ1) is 8.80. The monoisotopic (exact) mass is 243 g/mol. The number of nitriles is 2. The summed E-state index contributed by atoms with van der Waals surface area (Å²) in [4.78, 5) is 6.20. The zero-order chi connectivity index (χ0) is 13.2. The Hall–Kier alpha value is -2.11. The van der Waals surface area contributed by atoms with Crippen LogP contribution >= 0.6 is 0 Å². The summed E-state index contributed by atoms with van der Waals surface area (Å²) in [5.74, 6) is 0.836. The molecule has 0 aromatic carbocycles. The summed E-state index contributed by atoms with van der Waals surface area (Å²) in [6, 6.07) is 9.85. The highest BCUT2D eigenvalue weighted by Crippen LogP contribution is 2.07. The highest BCUT2D eigenvalue weighted by Gasteiger charge is 2.06. The minimum Gasteiger partial charge on any atom is -0.370 e. The van der Waals surface area contributed by atoms with Crippen LogP contribution in [-0.4, -0.2) is 29.5 Å². The van der Waals surface area contributed by atoms with Crippen molar-refractivity contribution in [2.45, 2.75) is 19.9 Å². The van der Waals surface area contributed by atoms with E-state index in [2.05, 4.69) is 29.4 Å². The van der Waals surface area contributed by atoms with Crippen LogP contribution in [0.5, 0.6) is 0 Å². The van der Waals surface area contributed by atoms with Crippen LogP contribution in [0.25, 0.3) is 0 Å². The quantitative estimate of drug-likeness (QED) is 0.738. The highest BCUT2D eigenvalue weighted by molar-refractivity contribution is 5.35. The number of rotatable bonds is 7. The lowest BCUT2D eigenvalue weighted by molar-refractivity contribution is 0.331. The van der Waals surface area contributed by atoms with Gasteiger partial charge >= 0.3 is 0 Å². The van der Waals surface area contributed by atoms with Crippen LogP contribution in [0.2, 0.25) is 0 Å². The summed E-state index contributed by atoms with van der Waals surface area (Å²) >= 11 is 0. The molecule has 94 valence electrons. The Labute approximate surface area is 108 Å². The second-order valence-corrected chi connectivity index (χ2v) is 3.90. The predicted octanol–water partition coefficient (Wildman–Crippen LogP) is 1.75. The molecular formula is C13H17N5. The average Bonchev–Trinajstić information content (AvgIpc) is 2.37. The fourth-order valence-electron chi connectivity index (χ4n) is 1.52. The number of hydrogen-bond acceptors (Lipinski definition) is 5. The predicted molar refractivity (Wildman–Crippen MR) is 69.5 cm³/mol. The number of pyridine rings is 1. The largest absolute Gasteiger partial charge is 0.370 e. The van der Waals surface area contributed by atoms with Gasteiger partial charge in [-0.15, -0.1) is 0 Å². The molecule has 0 aliphatic heterocycles. The van der Waals surface area contributed by atoms with Crippen LogP contribution in [0.3, 0.4) is 0 Å². The number of nitrogens with zero attached hydrogens (tertiary/aromatic N) is 4. The van der Waals surface area contributed by atoms with Gasteiger partial charge in [0.15, 0.2) is 0 Å². The highest BCUT2D eigenvalue weighted by atomic mass is 15.1. The van der Waals surface area contributed by atoms with E-state index in [1.165, 1.54) is 0 Å². The van der Waals surface area contributed by atoms with Gasteiger partial charge in [-0.05, 0) is 18.6 Å². The molecule has 0 unspecified atom stereocenters. The maximum atomic E-state index is 8.68. The van der Waals surface area contributed by atoms with E-state index in [0.29, 0.717) is 6.54 Å². The van der Waals surface area contributed by atoms with Crippen molar-refractivity contribution >= 4 is 5.82 Å². The van der Waals surface area contributed by atoms with E-state index in [1.54, 1.807) is 4.90 Å². The molecule has 1 aromatic heterocycles. The van der Waals surface area contributed by atoms with E-state index in [1.807, 2.05) is 18.2 Å². The average molecular weight is 243 g/mol. The zero-order valence-corrected chi connectivity index (χ0v) is 10.6. The molecule has 0 amide bonds. The van der Waals surface area contributed by atoms with Crippen molar-refractivity contribution in [3.05, 3.63) is 23.9 Å². The fourth-order valence-corrected chi connectivity index (χ4v) is 1.52. The molecule has 0 spiro atoms. The molecule has 0 saturated heterocycles. The van der Waals surface area contributed by atoms with Crippen LogP contribution in [0.1, 0.15) is 19.0 Å². The normalized spacial score (nSPS) is 9.78. The third kappa shape index (κ3) is 4.82. The zero-order valence-electron chi connectivity index (χ0n) is 10.6. The summed E-state index contributed by atoms with van der Waals surface area (Å²) < 4.78 is 0. The molecule has 0 atom stereocenters. The van der Waals surface area contributed by atoms with Crippen LogP contribution in [0.4, 0.5) is 5.82 Å². The van der Waals surface area contributed by atoms with Crippen molar-refractivity contribution in [1.29, 1.82) is 10.5 Å². The maximum absolute atomic E-state index is 8.68. The van der Waals surface area contributed by atoms with E-state index in [-0.39, 0.29) is 13.1 Å². The summed E-state index contributed by atoms with van der Waals surface area (Å²) in [5.41, 5.74) is 0.863. The van der Waals surface area contributed by atoms with Crippen molar-refractivity contribution in [3.63, 3.8) is 0 Å². The molecule has 1 heterocycles. The van der Waals surface area contributed by atoms with Gasteiger partial charge in [0.2, 0.25) is 0 Å². The molecule has 1 N–H and O–H groups in total. The van der Waals surface area contributed by atoms with Crippen molar-refractivity contribution < 1.29 is 0 Å². The number of aromatic nitrogens is 1. The fraction of sp³-hybridized carbons (Fsp3) is 0.462. The van der Waals surface area contributed by atoms with E-state index < -0.39 is 0 Å². The smallest absolute Gasteiger partial charge is 0.126 e. The van der Waals surface area contributed by atoms with Gasteiger partial charge < -0.3 is 5.32 Å². The van der Waals surface area contributed by atoms with Gasteiger partial charge in [0.1, 0.15) is 5.82 Å². The van der Waals surface area contributed by atoms with E-state index in [9.17, 15) is 0 Å². The third-order valence-corrected chi connectivity index (χ3v) is 2.34. The van der Waals surface area contributed by atoms with Gasteiger partial charge in [0.25, 0.3) is 0 Å². The Morgan fingerprint density at radius 1 is 1.28 bits per heavy atom. The molecule has 5 nitrogen and oxygen atoms in total. The maximum Gasteiger partial charge on any atom is 0.126 e. The minimum absolute atomic E-state index is 0.238. The van der Waals surface area contributed by atoms with Crippen molar-refractivity contribution in [1.82, 2.24) is 9.88 Å². The van der Waals surface area contributed by atoms with Gasteiger partial charge in [-0.25, -0.2) is 4.98 Å². The molecule has 5 heteroatoms. The summed E-state index contributed by atoms with van der Waals surface area (Å²) in [5, 5.41) is 20.6. The molecule has 0 radical (unpaired) electrons. The van der Waals surface area contributed by atoms with Crippen LogP contribution in [0.15, 0.2) is 18.2 Å². The topological polar surface area (TPSA) is 75.7 Å². The lowest BCUT2D eigenvalue weighted by atomic mass is 10.3. The first-order valence-corrected chi connectivity index (χ1v) is 5.96. The van der Waals surface area contributed by atoms with E-state index >= 15 is 0 Å². The Morgan fingerprint density at radius 2 is 2.00 bits per heavy atom. The second-order valence-electron chi connectivity index (χ2n) is 3.90. The number of anilines is 1. The molecule has 0 fully saturated rings. The molecule has 1 aromatic rings.